The molecule has 1 saturated heterocycles. The second kappa shape index (κ2) is 6.17. The lowest BCUT2D eigenvalue weighted by Gasteiger charge is -2.15. The molecule has 0 saturated carbocycles. The zero-order chi connectivity index (χ0) is 13.7. The average Bonchev–Trinajstić information content (AvgIpc) is 2.93. The van der Waals surface area contributed by atoms with Crippen molar-refractivity contribution >= 4 is 17.5 Å². The van der Waals surface area contributed by atoms with Crippen LogP contribution in [0.5, 0.6) is 0 Å². The number of likely N-dealkylation sites (tertiary alicyclic amines) is 1. The van der Waals surface area contributed by atoms with Crippen molar-refractivity contribution in [1.82, 2.24) is 15.2 Å². The molecule has 0 unspecified atom stereocenters. The summed E-state index contributed by atoms with van der Waals surface area (Å²) in [5.74, 6) is -0.183. The predicted octanol–water partition coefficient (Wildman–Crippen LogP) is 0.406. The second-order valence-electron chi connectivity index (χ2n) is 4.57. The lowest BCUT2D eigenvalue weighted by atomic mass is 10.3. The summed E-state index contributed by atoms with van der Waals surface area (Å²) in [5, 5.41) is 2.68. The van der Waals surface area contributed by atoms with Crippen molar-refractivity contribution in [1.29, 1.82) is 0 Å². The number of rotatable bonds is 4. The van der Waals surface area contributed by atoms with E-state index in [4.69, 9.17) is 5.73 Å². The molecule has 6 nitrogen and oxygen atoms in total. The van der Waals surface area contributed by atoms with Crippen LogP contribution in [0.2, 0.25) is 0 Å². The molecule has 6 heteroatoms. The van der Waals surface area contributed by atoms with Gasteiger partial charge in [0, 0.05) is 26.1 Å². The highest BCUT2D eigenvalue weighted by Gasteiger charge is 2.17. The molecule has 2 rings (SSSR count). The first-order chi connectivity index (χ1) is 9.16. The molecule has 0 atom stereocenters. The lowest BCUT2D eigenvalue weighted by molar-refractivity contribution is -0.129. The van der Waals surface area contributed by atoms with Gasteiger partial charge in [-0.25, -0.2) is 4.98 Å². The fourth-order valence-electron chi connectivity index (χ4n) is 2.04. The largest absolute Gasteiger partial charge is 0.397 e. The molecule has 2 heterocycles. The van der Waals surface area contributed by atoms with Crippen LogP contribution in [-0.2, 0) is 4.79 Å². The lowest BCUT2D eigenvalue weighted by Crippen LogP contribution is -2.32. The van der Waals surface area contributed by atoms with Crippen LogP contribution in [-0.4, -0.2) is 41.3 Å². The minimum absolute atomic E-state index is 0.100. The molecular formula is C13H18N4O2. The topological polar surface area (TPSA) is 88.3 Å². The molecule has 0 aromatic carbocycles. The van der Waals surface area contributed by atoms with Crippen molar-refractivity contribution in [3.8, 4) is 0 Å². The minimum atomic E-state index is -0.283. The van der Waals surface area contributed by atoms with Crippen LogP contribution in [0.15, 0.2) is 18.3 Å². The maximum absolute atomic E-state index is 11.8. The summed E-state index contributed by atoms with van der Waals surface area (Å²) in [7, 11) is 0. The highest BCUT2D eigenvalue weighted by atomic mass is 16.2. The van der Waals surface area contributed by atoms with E-state index in [1.165, 1.54) is 6.20 Å². The summed E-state index contributed by atoms with van der Waals surface area (Å²) in [6.07, 6.45) is 3.92. The van der Waals surface area contributed by atoms with Crippen LogP contribution >= 0.6 is 0 Å². The minimum Gasteiger partial charge on any atom is -0.397 e. The van der Waals surface area contributed by atoms with Crippen LogP contribution in [0.4, 0.5) is 5.69 Å². The molecule has 0 radical (unpaired) electrons. The highest BCUT2D eigenvalue weighted by Crippen LogP contribution is 2.08. The number of aromatic nitrogens is 1. The van der Waals surface area contributed by atoms with Gasteiger partial charge in [0.2, 0.25) is 5.91 Å². The molecule has 0 aliphatic carbocycles. The van der Waals surface area contributed by atoms with Crippen molar-refractivity contribution in [3.63, 3.8) is 0 Å². The van der Waals surface area contributed by atoms with E-state index >= 15 is 0 Å². The summed E-state index contributed by atoms with van der Waals surface area (Å²) >= 11 is 0. The molecule has 1 aromatic rings. The monoisotopic (exact) mass is 262 g/mol. The molecule has 0 bridgehead atoms. The van der Waals surface area contributed by atoms with Gasteiger partial charge in [-0.2, -0.15) is 0 Å². The SMILES string of the molecule is Nc1ccc(C(=O)NCCC(=O)N2CCCC2)nc1. The fourth-order valence-corrected chi connectivity index (χ4v) is 2.04. The van der Waals surface area contributed by atoms with Gasteiger partial charge in [0.15, 0.2) is 0 Å². The molecule has 1 aliphatic heterocycles. The van der Waals surface area contributed by atoms with Gasteiger partial charge in [-0.1, -0.05) is 0 Å². The van der Waals surface area contributed by atoms with Crippen molar-refractivity contribution in [2.75, 3.05) is 25.4 Å². The van der Waals surface area contributed by atoms with E-state index < -0.39 is 0 Å². The molecular weight excluding hydrogens is 244 g/mol. The number of hydrogen-bond acceptors (Lipinski definition) is 4. The molecule has 1 aliphatic rings. The molecule has 2 amide bonds. The van der Waals surface area contributed by atoms with Gasteiger partial charge in [0.25, 0.3) is 5.91 Å². The summed E-state index contributed by atoms with van der Waals surface area (Å²) in [4.78, 5) is 29.2. The summed E-state index contributed by atoms with van der Waals surface area (Å²) in [6.45, 7) is 2.01. The summed E-state index contributed by atoms with van der Waals surface area (Å²) in [5.41, 5.74) is 6.31. The standard InChI is InChI=1S/C13H18N4O2/c14-10-3-4-11(16-9-10)13(19)15-6-5-12(18)17-7-1-2-8-17/h3-4,9H,1-2,5-8,14H2,(H,15,19). The Labute approximate surface area is 112 Å². The van der Waals surface area contributed by atoms with E-state index in [1.54, 1.807) is 12.1 Å². The Balaban J connectivity index is 1.74. The second-order valence-corrected chi connectivity index (χ2v) is 4.57. The van der Waals surface area contributed by atoms with E-state index in [-0.39, 0.29) is 11.8 Å². The number of hydrogen-bond donors (Lipinski definition) is 2. The fraction of sp³-hybridized carbons (Fsp3) is 0.462. The first kappa shape index (κ1) is 13.3. The van der Waals surface area contributed by atoms with Gasteiger partial charge in [-0.3, -0.25) is 9.59 Å². The van der Waals surface area contributed by atoms with Crippen LogP contribution in [0.1, 0.15) is 29.8 Å². The predicted molar refractivity (Wildman–Crippen MR) is 71.4 cm³/mol. The van der Waals surface area contributed by atoms with Crippen molar-refractivity contribution in [3.05, 3.63) is 24.0 Å². The third-order valence-electron chi connectivity index (χ3n) is 3.10. The van der Waals surface area contributed by atoms with Crippen LogP contribution in [0, 0.1) is 0 Å². The normalized spacial score (nSPS) is 14.4. The number of anilines is 1. The van der Waals surface area contributed by atoms with E-state index in [0.29, 0.717) is 24.3 Å². The molecule has 1 aromatic heterocycles. The van der Waals surface area contributed by atoms with Crippen LogP contribution < -0.4 is 11.1 Å². The van der Waals surface area contributed by atoms with Crippen molar-refractivity contribution < 1.29 is 9.59 Å². The Hall–Kier alpha value is -2.11. The smallest absolute Gasteiger partial charge is 0.269 e. The summed E-state index contributed by atoms with van der Waals surface area (Å²) in [6, 6.07) is 3.18. The number of carbonyl (C=O) groups excluding carboxylic acids is 2. The summed E-state index contributed by atoms with van der Waals surface area (Å²) < 4.78 is 0. The number of nitrogens with two attached hydrogens (primary N) is 1. The number of amides is 2. The third kappa shape index (κ3) is 3.67. The van der Waals surface area contributed by atoms with Gasteiger partial charge < -0.3 is 16.0 Å². The van der Waals surface area contributed by atoms with E-state index in [1.807, 2.05) is 4.90 Å². The van der Waals surface area contributed by atoms with Crippen molar-refractivity contribution in [2.24, 2.45) is 0 Å². The van der Waals surface area contributed by atoms with Gasteiger partial charge >= 0.3 is 0 Å². The molecule has 19 heavy (non-hydrogen) atoms. The number of nitrogens with one attached hydrogen (secondary N) is 1. The van der Waals surface area contributed by atoms with Gasteiger partial charge in [-0.05, 0) is 25.0 Å². The van der Waals surface area contributed by atoms with Gasteiger partial charge in [0.05, 0.1) is 11.9 Å². The number of pyridine rings is 1. The number of carbonyl (C=O) groups is 2. The van der Waals surface area contributed by atoms with Gasteiger partial charge in [0.1, 0.15) is 5.69 Å². The Morgan fingerprint density at radius 1 is 1.32 bits per heavy atom. The van der Waals surface area contributed by atoms with E-state index in [0.717, 1.165) is 25.9 Å². The maximum Gasteiger partial charge on any atom is 0.269 e. The highest BCUT2D eigenvalue weighted by molar-refractivity contribution is 5.92. The average molecular weight is 262 g/mol. The quantitative estimate of drug-likeness (QED) is 0.822. The van der Waals surface area contributed by atoms with E-state index in [9.17, 15) is 9.59 Å². The van der Waals surface area contributed by atoms with Crippen LogP contribution in [0.25, 0.3) is 0 Å². The Morgan fingerprint density at radius 3 is 2.68 bits per heavy atom. The molecule has 1 fully saturated rings. The zero-order valence-electron chi connectivity index (χ0n) is 10.8. The Kier molecular flexibility index (Phi) is 4.33. The first-order valence-corrected chi connectivity index (χ1v) is 6.44. The van der Waals surface area contributed by atoms with Crippen molar-refractivity contribution in [2.45, 2.75) is 19.3 Å². The van der Waals surface area contributed by atoms with Gasteiger partial charge in [-0.15, -0.1) is 0 Å². The van der Waals surface area contributed by atoms with E-state index in [2.05, 4.69) is 10.3 Å². The molecule has 3 N–H and O–H groups in total. The molecule has 0 spiro atoms. The maximum atomic E-state index is 11.8. The van der Waals surface area contributed by atoms with Crippen LogP contribution in [0.3, 0.4) is 0 Å². The first-order valence-electron chi connectivity index (χ1n) is 6.44. The third-order valence-corrected chi connectivity index (χ3v) is 3.10. The number of nitrogens with zero attached hydrogens (tertiary/aromatic N) is 2. The zero-order valence-corrected chi connectivity index (χ0v) is 10.8. The number of nitrogen functional groups attached to an aromatic ring is 1. The Morgan fingerprint density at radius 2 is 2.05 bits per heavy atom. The Bertz CT molecular complexity index is 452. The molecule has 102 valence electrons.